The van der Waals surface area contributed by atoms with E-state index in [2.05, 4.69) is 31.7 Å². The molecule has 2 aliphatic rings. The number of hydrogen-bond acceptors (Lipinski definition) is 8. The van der Waals surface area contributed by atoms with E-state index in [1.54, 1.807) is 19.5 Å². The number of halogens is 1. The molecule has 4 rings (SSSR count). The lowest BCUT2D eigenvalue weighted by Crippen LogP contribution is -2.44. The van der Waals surface area contributed by atoms with Gasteiger partial charge < -0.3 is 24.4 Å². The average Bonchev–Trinajstić information content (AvgIpc) is 3.31. The van der Waals surface area contributed by atoms with Crippen LogP contribution in [0, 0.1) is 5.92 Å². The summed E-state index contributed by atoms with van der Waals surface area (Å²) in [7, 11) is 1.61. The van der Waals surface area contributed by atoms with Gasteiger partial charge in [-0.3, -0.25) is 4.79 Å². The molecule has 2 aromatic rings. The molecule has 0 spiro atoms. The van der Waals surface area contributed by atoms with E-state index in [9.17, 15) is 0 Å². The molecule has 1 N–H and O–H groups in total. The Morgan fingerprint density at radius 2 is 1.78 bits per heavy atom. The number of carbonyl (C=O) groups is 1. The van der Waals surface area contributed by atoms with Crippen molar-refractivity contribution >= 4 is 29.1 Å². The zero-order valence-electron chi connectivity index (χ0n) is 18.7. The number of hydrogen-bond donors (Lipinski definition) is 1. The Kier molecular flexibility index (Phi) is 8.33. The van der Waals surface area contributed by atoms with Gasteiger partial charge in [0.25, 0.3) is 5.97 Å². The topological polar surface area (TPSA) is 101 Å². The van der Waals surface area contributed by atoms with E-state index < -0.39 is 5.97 Å². The zero-order valence-corrected chi connectivity index (χ0v) is 19.5. The van der Waals surface area contributed by atoms with Gasteiger partial charge in [0.05, 0.1) is 36.4 Å². The molecule has 2 atom stereocenters. The van der Waals surface area contributed by atoms with Crippen molar-refractivity contribution < 1.29 is 19.4 Å². The van der Waals surface area contributed by atoms with E-state index in [1.165, 1.54) is 12.8 Å². The normalized spacial score (nSPS) is 20.4. The first-order valence-electron chi connectivity index (χ1n) is 10.7. The predicted octanol–water partition coefficient (Wildman–Crippen LogP) is 3.52. The van der Waals surface area contributed by atoms with Crippen LogP contribution in [0.25, 0.3) is 0 Å². The Labute approximate surface area is 193 Å². The van der Waals surface area contributed by atoms with E-state index in [0.29, 0.717) is 22.7 Å². The standard InChI is InChI=1S/C20H26ClN5O2.C2H4O2/c1-14-13-26(16-9-19(27-2)23-10-15(16)21)8-5-17(14)28-20-12-22-18(11-24-20)25-6-3-4-7-25;1-2(3)4/h9-12,14,17H,3-8,13H2,1-2H3;1H3,(H,3,4)/t14?,17-;/m1./s1. The highest BCUT2D eigenvalue weighted by atomic mass is 35.5. The van der Waals surface area contributed by atoms with Gasteiger partial charge in [-0.25, -0.2) is 15.0 Å². The van der Waals surface area contributed by atoms with Gasteiger partial charge in [-0.2, -0.15) is 0 Å². The molecule has 174 valence electrons. The van der Waals surface area contributed by atoms with E-state index in [1.807, 2.05) is 12.3 Å². The monoisotopic (exact) mass is 463 g/mol. The number of rotatable bonds is 5. The maximum Gasteiger partial charge on any atom is 0.300 e. The molecule has 2 saturated heterocycles. The van der Waals surface area contributed by atoms with Gasteiger partial charge in [0.15, 0.2) is 0 Å². The summed E-state index contributed by atoms with van der Waals surface area (Å²) in [6.45, 7) is 7.09. The molecular formula is C22H30ClN5O4. The lowest BCUT2D eigenvalue weighted by Gasteiger charge is -2.38. The average molecular weight is 464 g/mol. The Bertz CT molecular complexity index is 888. The Morgan fingerprint density at radius 3 is 2.38 bits per heavy atom. The van der Waals surface area contributed by atoms with Crippen molar-refractivity contribution in [3.05, 3.63) is 29.7 Å². The van der Waals surface area contributed by atoms with Crippen molar-refractivity contribution in [3.63, 3.8) is 0 Å². The van der Waals surface area contributed by atoms with Crippen LogP contribution in [-0.4, -0.2) is 65.4 Å². The summed E-state index contributed by atoms with van der Waals surface area (Å²) < 4.78 is 11.4. The number of anilines is 2. The Hall–Kier alpha value is -2.81. The second-order valence-corrected chi connectivity index (χ2v) is 8.38. The fourth-order valence-electron chi connectivity index (χ4n) is 3.92. The van der Waals surface area contributed by atoms with Crippen molar-refractivity contribution in [2.24, 2.45) is 5.92 Å². The number of carboxylic acid groups (broad SMARTS) is 1. The number of aromatic nitrogens is 3. The van der Waals surface area contributed by atoms with Crippen LogP contribution >= 0.6 is 11.6 Å². The lowest BCUT2D eigenvalue weighted by molar-refractivity contribution is -0.134. The summed E-state index contributed by atoms with van der Waals surface area (Å²) in [5, 5.41) is 8.05. The van der Waals surface area contributed by atoms with Crippen molar-refractivity contribution in [2.75, 3.05) is 43.1 Å². The first kappa shape index (κ1) is 23.8. The minimum Gasteiger partial charge on any atom is -0.481 e. The number of ether oxygens (including phenoxy) is 2. The quantitative estimate of drug-likeness (QED) is 0.713. The molecule has 0 saturated carbocycles. The summed E-state index contributed by atoms with van der Waals surface area (Å²) in [5.41, 5.74) is 0.952. The fourth-order valence-corrected chi connectivity index (χ4v) is 4.14. The Balaban J connectivity index is 0.000000668. The summed E-state index contributed by atoms with van der Waals surface area (Å²) in [6, 6.07) is 1.89. The second-order valence-electron chi connectivity index (χ2n) is 7.97. The van der Waals surface area contributed by atoms with E-state index in [4.69, 9.17) is 31.0 Å². The van der Waals surface area contributed by atoms with Gasteiger partial charge in [-0.05, 0) is 12.8 Å². The van der Waals surface area contributed by atoms with Crippen LogP contribution in [0.3, 0.4) is 0 Å². The third-order valence-electron chi connectivity index (χ3n) is 5.50. The first-order valence-corrected chi connectivity index (χ1v) is 11.1. The molecule has 10 heteroatoms. The third-order valence-corrected chi connectivity index (χ3v) is 5.79. The summed E-state index contributed by atoms with van der Waals surface area (Å²) in [5.74, 6) is 1.59. The van der Waals surface area contributed by atoms with Crippen LogP contribution < -0.4 is 19.3 Å². The van der Waals surface area contributed by atoms with Gasteiger partial charge in [0.2, 0.25) is 11.8 Å². The van der Waals surface area contributed by atoms with Crippen molar-refractivity contribution in [2.45, 2.75) is 39.2 Å². The van der Waals surface area contributed by atoms with Crippen LogP contribution in [0.5, 0.6) is 11.8 Å². The number of piperidine rings is 1. The highest BCUT2D eigenvalue weighted by Crippen LogP contribution is 2.32. The summed E-state index contributed by atoms with van der Waals surface area (Å²) >= 11 is 6.36. The molecule has 1 unspecified atom stereocenters. The first-order chi connectivity index (χ1) is 15.4. The molecular weight excluding hydrogens is 434 g/mol. The molecule has 2 fully saturated rings. The molecule has 0 aromatic carbocycles. The molecule has 2 aromatic heterocycles. The number of methoxy groups -OCH3 is 1. The smallest absolute Gasteiger partial charge is 0.300 e. The molecule has 9 nitrogen and oxygen atoms in total. The third kappa shape index (κ3) is 6.35. The maximum atomic E-state index is 9.00. The second kappa shape index (κ2) is 11.2. The van der Waals surface area contributed by atoms with Crippen molar-refractivity contribution in [1.29, 1.82) is 0 Å². The van der Waals surface area contributed by atoms with Gasteiger partial charge in [0, 0.05) is 51.5 Å². The van der Waals surface area contributed by atoms with Crippen LogP contribution in [0.4, 0.5) is 11.5 Å². The van der Waals surface area contributed by atoms with E-state index >= 15 is 0 Å². The van der Waals surface area contributed by atoms with E-state index in [0.717, 1.165) is 51.0 Å². The number of aliphatic carboxylic acids is 1. The largest absolute Gasteiger partial charge is 0.481 e. The van der Waals surface area contributed by atoms with E-state index in [-0.39, 0.29) is 6.10 Å². The van der Waals surface area contributed by atoms with Crippen LogP contribution in [0.1, 0.15) is 33.1 Å². The summed E-state index contributed by atoms with van der Waals surface area (Å²) in [4.78, 5) is 26.7. The van der Waals surface area contributed by atoms with Gasteiger partial charge in [-0.1, -0.05) is 18.5 Å². The van der Waals surface area contributed by atoms with Gasteiger partial charge in [-0.15, -0.1) is 0 Å². The number of nitrogens with zero attached hydrogens (tertiary/aromatic N) is 5. The van der Waals surface area contributed by atoms with Crippen molar-refractivity contribution in [1.82, 2.24) is 15.0 Å². The molecule has 2 aliphatic heterocycles. The lowest BCUT2D eigenvalue weighted by atomic mass is 9.96. The van der Waals surface area contributed by atoms with Crippen LogP contribution in [0.15, 0.2) is 24.7 Å². The maximum absolute atomic E-state index is 9.00. The van der Waals surface area contributed by atoms with Crippen LogP contribution in [-0.2, 0) is 4.79 Å². The molecule has 32 heavy (non-hydrogen) atoms. The fraction of sp³-hybridized carbons (Fsp3) is 0.545. The molecule has 0 bridgehead atoms. The molecule has 4 heterocycles. The highest BCUT2D eigenvalue weighted by molar-refractivity contribution is 6.33. The molecule has 0 amide bonds. The Morgan fingerprint density at radius 1 is 1.09 bits per heavy atom. The minimum absolute atomic E-state index is 0.102. The molecule has 0 radical (unpaired) electrons. The number of pyridine rings is 1. The van der Waals surface area contributed by atoms with Crippen molar-refractivity contribution in [3.8, 4) is 11.8 Å². The molecule has 0 aliphatic carbocycles. The van der Waals surface area contributed by atoms with Crippen LogP contribution in [0.2, 0.25) is 5.02 Å². The SMILES string of the molecule is CC(=O)O.COc1cc(N2CC[C@@H](Oc3cnc(N4CCCC4)cn3)C(C)C2)c(Cl)cn1. The van der Waals surface area contributed by atoms with Gasteiger partial charge >= 0.3 is 0 Å². The zero-order chi connectivity index (χ0) is 23.1. The minimum atomic E-state index is -0.833. The van der Waals surface area contributed by atoms with Gasteiger partial charge in [0.1, 0.15) is 11.9 Å². The highest BCUT2D eigenvalue weighted by Gasteiger charge is 2.29. The predicted molar refractivity (Wildman–Crippen MR) is 123 cm³/mol. The number of carboxylic acids is 1. The summed E-state index contributed by atoms with van der Waals surface area (Å²) in [6.07, 6.45) is 8.65.